The topological polar surface area (TPSA) is 74.1 Å². The molecule has 0 saturated carbocycles. The van der Waals surface area contributed by atoms with Gasteiger partial charge in [-0.25, -0.2) is 4.39 Å². The molecule has 0 spiro atoms. The normalized spacial score (nSPS) is 24.0. The maximum Gasteiger partial charge on any atom is 0.222 e. The molecule has 35 heavy (non-hydrogen) atoms. The third kappa shape index (κ3) is 6.39. The summed E-state index contributed by atoms with van der Waals surface area (Å²) in [6.45, 7) is 8.98. The zero-order valence-electron chi connectivity index (χ0n) is 20.3. The predicted molar refractivity (Wildman–Crippen MR) is 131 cm³/mol. The van der Waals surface area contributed by atoms with E-state index in [2.05, 4.69) is 26.3 Å². The van der Waals surface area contributed by atoms with E-state index in [0.29, 0.717) is 31.3 Å². The number of anilines is 1. The van der Waals surface area contributed by atoms with Crippen molar-refractivity contribution in [1.29, 1.82) is 0 Å². The van der Waals surface area contributed by atoms with Crippen molar-refractivity contribution in [2.75, 3.05) is 70.5 Å². The van der Waals surface area contributed by atoms with Gasteiger partial charge in [0.05, 0.1) is 25.5 Å². The minimum Gasteiger partial charge on any atom is -0.379 e. The highest BCUT2D eigenvalue weighted by Crippen LogP contribution is 2.28. The maximum absolute atomic E-state index is 13.2. The van der Waals surface area contributed by atoms with Gasteiger partial charge in [0.15, 0.2) is 5.76 Å². The van der Waals surface area contributed by atoms with E-state index in [0.717, 1.165) is 89.0 Å². The second kappa shape index (κ2) is 11.5. The first-order valence-electron chi connectivity index (χ1n) is 12.9. The van der Waals surface area contributed by atoms with Gasteiger partial charge in [-0.15, -0.1) is 0 Å². The number of rotatable bonds is 7. The minimum atomic E-state index is -0.224. The van der Waals surface area contributed by atoms with Crippen molar-refractivity contribution in [2.45, 2.75) is 25.8 Å². The van der Waals surface area contributed by atoms with Gasteiger partial charge < -0.3 is 24.4 Å². The molecule has 2 atom stereocenters. The second-order valence-corrected chi connectivity index (χ2v) is 9.94. The molecule has 4 heterocycles. The van der Waals surface area contributed by atoms with Gasteiger partial charge in [-0.3, -0.25) is 9.69 Å². The molecule has 3 saturated heterocycles. The summed E-state index contributed by atoms with van der Waals surface area (Å²) >= 11 is 0. The van der Waals surface area contributed by atoms with E-state index >= 15 is 0 Å². The van der Waals surface area contributed by atoms with E-state index < -0.39 is 0 Å². The molecule has 5 rings (SSSR count). The van der Waals surface area contributed by atoms with Crippen molar-refractivity contribution in [3.8, 4) is 0 Å². The molecule has 1 N–H and O–H groups in total. The summed E-state index contributed by atoms with van der Waals surface area (Å²) in [5.74, 6) is 1.64. The Labute approximate surface area is 206 Å². The maximum atomic E-state index is 13.2. The largest absolute Gasteiger partial charge is 0.379 e. The van der Waals surface area contributed by atoms with Crippen molar-refractivity contribution in [3.05, 3.63) is 47.6 Å². The van der Waals surface area contributed by atoms with Crippen LogP contribution < -0.4 is 10.2 Å². The predicted octanol–water partition coefficient (Wildman–Crippen LogP) is 2.15. The molecular weight excluding hydrogens is 449 g/mol. The molecule has 8 nitrogen and oxygen atoms in total. The number of halogens is 1. The van der Waals surface area contributed by atoms with E-state index in [9.17, 15) is 9.18 Å². The van der Waals surface area contributed by atoms with Crippen molar-refractivity contribution in [2.24, 2.45) is 11.8 Å². The number of nitrogens with zero attached hydrogens (tertiary/aromatic N) is 4. The first-order valence-corrected chi connectivity index (χ1v) is 12.9. The highest BCUT2D eigenvalue weighted by molar-refractivity contribution is 5.77. The van der Waals surface area contributed by atoms with E-state index in [4.69, 9.17) is 9.26 Å². The van der Waals surface area contributed by atoms with E-state index in [1.165, 1.54) is 12.1 Å². The lowest BCUT2D eigenvalue weighted by Gasteiger charge is -2.38. The molecule has 1 aromatic heterocycles. The van der Waals surface area contributed by atoms with Crippen LogP contribution in [0.5, 0.6) is 0 Å². The summed E-state index contributed by atoms with van der Waals surface area (Å²) in [7, 11) is 0. The third-order valence-corrected chi connectivity index (χ3v) is 7.59. The van der Waals surface area contributed by atoms with Crippen LogP contribution in [0.2, 0.25) is 0 Å². The van der Waals surface area contributed by atoms with Crippen molar-refractivity contribution >= 4 is 11.6 Å². The Hall–Kier alpha value is -2.49. The first-order chi connectivity index (χ1) is 17.1. The highest BCUT2D eigenvalue weighted by Gasteiger charge is 2.31. The van der Waals surface area contributed by atoms with Crippen LogP contribution in [0, 0.1) is 17.7 Å². The summed E-state index contributed by atoms with van der Waals surface area (Å²) in [6, 6.07) is 8.68. The van der Waals surface area contributed by atoms with Crippen LogP contribution in [0.3, 0.4) is 0 Å². The fraction of sp³-hybridized carbons (Fsp3) is 0.615. The molecule has 1 aromatic carbocycles. The van der Waals surface area contributed by atoms with Gasteiger partial charge >= 0.3 is 0 Å². The van der Waals surface area contributed by atoms with Gasteiger partial charge in [-0.1, -0.05) is 5.16 Å². The number of carbonyl (C=O) groups is 1. The molecule has 3 aliphatic rings. The van der Waals surface area contributed by atoms with Crippen LogP contribution in [0.25, 0.3) is 0 Å². The SMILES string of the molecule is O=C(C[C@H]1CCNC[C@@H]1Cc1cc(CN2CCOCC2)on1)N1CCN(c2ccc(F)cc2)CC1. The van der Waals surface area contributed by atoms with Gasteiger partial charge in [0, 0.05) is 57.4 Å². The molecule has 0 bridgehead atoms. The zero-order chi connectivity index (χ0) is 24.0. The summed E-state index contributed by atoms with van der Waals surface area (Å²) in [4.78, 5) is 19.7. The number of morpholine rings is 1. The fourth-order valence-corrected chi connectivity index (χ4v) is 5.48. The Kier molecular flexibility index (Phi) is 7.95. The monoisotopic (exact) mass is 485 g/mol. The summed E-state index contributed by atoms with van der Waals surface area (Å²) in [5.41, 5.74) is 1.99. The Balaban J connectivity index is 1.11. The number of piperidine rings is 1. The molecule has 3 fully saturated rings. The fourth-order valence-electron chi connectivity index (χ4n) is 5.48. The summed E-state index contributed by atoms with van der Waals surface area (Å²) < 4.78 is 24.3. The average Bonchev–Trinajstić information content (AvgIpc) is 3.33. The first kappa shape index (κ1) is 24.2. The van der Waals surface area contributed by atoms with Gasteiger partial charge in [-0.05, 0) is 62.0 Å². The Morgan fingerprint density at radius 3 is 2.60 bits per heavy atom. The average molecular weight is 486 g/mol. The molecule has 0 radical (unpaired) electrons. The molecule has 0 unspecified atom stereocenters. The second-order valence-electron chi connectivity index (χ2n) is 9.94. The molecule has 2 aromatic rings. The Morgan fingerprint density at radius 1 is 1.06 bits per heavy atom. The van der Waals surface area contributed by atoms with Crippen LogP contribution >= 0.6 is 0 Å². The number of amides is 1. The van der Waals surface area contributed by atoms with Gasteiger partial charge in [0.1, 0.15) is 5.82 Å². The van der Waals surface area contributed by atoms with Gasteiger partial charge in [0.25, 0.3) is 0 Å². The quantitative estimate of drug-likeness (QED) is 0.644. The van der Waals surface area contributed by atoms with Crippen LogP contribution in [-0.2, 0) is 22.5 Å². The minimum absolute atomic E-state index is 0.224. The van der Waals surface area contributed by atoms with Crippen molar-refractivity contribution < 1.29 is 18.4 Å². The van der Waals surface area contributed by atoms with Crippen molar-refractivity contribution in [1.82, 2.24) is 20.3 Å². The third-order valence-electron chi connectivity index (χ3n) is 7.59. The number of piperazine rings is 1. The molecule has 3 aliphatic heterocycles. The van der Waals surface area contributed by atoms with Crippen molar-refractivity contribution in [3.63, 3.8) is 0 Å². The van der Waals surface area contributed by atoms with E-state index in [1.807, 2.05) is 17.0 Å². The zero-order valence-corrected chi connectivity index (χ0v) is 20.3. The number of benzene rings is 1. The Morgan fingerprint density at radius 2 is 1.83 bits per heavy atom. The van der Waals surface area contributed by atoms with Gasteiger partial charge in [0.2, 0.25) is 5.91 Å². The smallest absolute Gasteiger partial charge is 0.222 e. The summed E-state index contributed by atoms with van der Waals surface area (Å²) in [5, 5.41) is 7.84. The van der Waals surface area contributed by atoms with Crippen LogP contribution in [0.15, 0.2) is 34.9 Å². The lowest BCUT2D eigenvalue weighted by molar-refractivity contribution is -0.133. The van der Waals surface area contributed by atoms with Crippen LogP contribution in [0.4, 0.5) is 10.1 Å². The number of hydrogen-bond donors (Lipinski definition) is 1. The molecule has 1 amide bonds. The molecule has 9 heteroatoms. The van der Waals surface area contributed by atoms with Crippen LogP contribution in [0.1, 0.15) is 24.3 Å². The lowest BCUT2D eigenvalue weighted by atomic mass is 9.81. The van der Waals surface area contributed by atoms with E-state index in [1.54, 1.807) is 0 Å². The number of hydrogen-bond acceptors (Lipinski definition) is 7. The molecule has 0 aliphatic carbocycles. The lowest BCUT2D eigenvalue weighted by Crippen LogP contribution is -2.50. The van der Waals surface area contributed by atoms with Gasteiger partial charge in [-0.2, -0.15) is 0 Å². The Bertz CT molecular complexity index is 954. The number of aromatic nitrogens is 1. The van der Waals surface area contributed by atoms with Crippen LogP contribution in [-0.4, -0.2) is 86.4 Å². The standard InChI is InChI=1S/C26H36FN5O3/c27-22-1-3-24(4-2-22)31-7-9-32(10-8-31)26(33)16-20-5-6-28-18-21(20)15-23-17-25(35-29-23)19-30-11-13-34-14-12-30/h1-4,17,20-21,28H,5-16,18-19H2/t20-,21+/m1/s1. The number of ether oxygens (including phenoxy) is 1. The number of carbonyl (C=O) groups excluding carboxylic acids is 1. The number of nitrogens with one attached hydrogen (secondary N) is 1. The molecular formula is C26H36FN5O3. The summed E-state index contributed by atoms with van der Waals surface area (Å²) in [6.07, 6.45) is 2.42. The highest BCUT2D eigenvalue weighted by atomic mass is 19.1. The van der Waals surface area contributed by atoms with E-state index in [-0.39, 0.29) is 11.7 Å². The molecule has 190 valence electrons.